The molecule has 2 aliphatic rings. The molecule has 0 spiro atoms. The first kappa shape index (κ1) is 27.2. The van der Waals surface area contributed by atoms with E-state index >= 15 is 0 Å². The molecule has 0 radical (unpaired) electrons. The highest BCUT2D eigenvalue weighted by Gasteiger charge is 2.28. The van der Waals surface area contributed by atoms with Crippen molar-refractivity contribution < 1.29 is 35.8 Å². The summed E-state index contributed by atoms with van der Waals surface area (Å²) >= 11 is 0. The Morgan fingerprint density at radius 2 is 1.49 bits per heavy atom. The van der Waals surface area contributed by atoms with E-state index in [0.29, 0.717) is 26.1 Å². The maximum absolute atomic E-state index is 12.2. The van der Waals surface area contributed by atoms with Crippen molar-refractivity contribution in [3.05, 3.63) is 59.7 Å². The minimum absolute atomic E-state index is 0.00597. The molecule has 2 aromatic rings. The van der Waals surface area contributed by atoms with Crippen molar-refractivity contribution in [3.8, 4) is 11.5 Å². The number of hydrogen-bond acceptors (Lipinski definition) is 8. The molecule has 0 unspecified atom stereocenters. The monoisotopic (exact) mass is 533 g/mol. The molecular weight excluding hydrogens is 498 g/mol. The van der Waals surface area contributed by atoms with Gasteiger partial charge in [0.05, 0.1) is 13.2 Å². The third-order valence-corrected chi connectivity index (χ3v) is 6.92. The highest BCUT2D eigenvalue weighted by molar-refractivity contribution is 7.81. The molecule has 4 rings (SSSR count). The number of hydrogen-bond donors (Lipinski definition) is 0. The van der Waals surface area contributed by atoms with Gasteiger partial charge in [-0.3, -0.25) is 0 Å². The molecule has 2 saturated heterocycles. The van der Waals surface area contributed by atoms with Gasteiger partial charge in [0.2, 0.25) is 0 Å². The number of carbonyl (C=O) groups excluding carboxylic acids is 1. The second-order valence-corrected chi connectivity index (χ2v) is 11.7. The van der Waals surface area contributed by atoms with Crippen molar-refractivity contribution in [1.82, 2.24) is 4.90 Å². The lowest BCUT2D eigenvalue weighted by molar-refractivity contribution is 0.0126. The molecule has 9 nitrogen and oxygen atoms in total. The van der Waals surface area contributed by atoms with Gasteiger partial charge in [-0.05, 0) is 62.6 Å². The molecule has 0 aromatic heterocycles. The van der Waals surface area contributed by atoms with Gasteiger partial charge in [0, 0.05) is 31.8 Å². The number of likely N-dealkylation sites (tertiary alicyclic amines) is 1. The van der Waals surface area contributed by atoms with Crippen LogP contribution in [0.4, 0.5) is 4.79 Å². The Bertz CT molecular complexity index is 1120. The summed E-state index contributed by atoms with van der Waals surface area (Å²) in [6.07, 6.45) is 1.99. The van der Waals surface area contributed by atoms with Crippen LogP contribution in [0.2, 0.25) is 0 Å². The Labute approximate surface area is 218 Å². The SMILES string of the molecule is CC(C)(C)OC(=O)N1CCC(Oc2ccc(COc3ccc(CC4COS(=O)(=O)OC4)cc3)cc2)CC1. The summed E-state index contributed by atoms with van der Waals surface area (Å²) in [5, 5.41) is 0. The summed E-state index contributed by atoms with van der Waals surface area (Å²) in [5.41, 5.74) is 1.59. The predicted molar refractivity (Wildman–Crippen MR) is 137 cm³/mol. The summed E-state index contributed by atoms with van der Waals surface area (Å²) < 4.78 is 49.3. The lowest BCUT2D eigenvalue weighted by Gasteiger charge is -2.33. The van der Waals surface area contributed by atoms with E-state index < -0.39 is 16.0 Å². The van der Waals surface area contributed by atoms with Crippen molar-refractivity contribution in [3.63, 3.8) is 0 Å². The lowest BCUT2D eigenvalue weighted by atomic mass is 10.0. The van der Waals surface area contributed by atoms with E-state index in [9.17, 15) is 13.2 Å². The molecule has 10 heteroatoms. The molecule has 202 valence electrons. The average Bonchev–Trinajstić information content (AvgIpc) is 2.85. The Morgan fingerprint density at radius 3 is 2.08 bits per heavy atom. The van der Waals surface area contributed by atoms with Gasteiger partial charge in [-0.1, -0.05) is 24.3 Å². The van der Waals surface area contributed by atoms with Crippen molar-refractivity contribution in [2.45, 2.75) is 58.3 Å². The Hall–Kier alpha value is -2.82. The molecule has 2 aliphatic heterocycles. The zero-order valence-electron chi connectivity index (χ0n) is 21.6. The van der Waals surface area contributed by atoms with Crippen molar-refractivity contribution in [1.29, 1.82) is 0 Å². The number of piperidine rings is 1. The van der Waals surface area contributed by atoms with Crippen LogP contribution in [-0.4, -0.2) is 57.4 Å². The number of carbonyl (C=O) groups is 1. The van der Waals surface area contributed by atoms with E-state index in [-0.39, 0.29) is 31.3 Å². The number of rotatable bonds is 7. The predicted octanol–water partition coefficient (Wildman–Crippen LogP) is 4.49. The van der Waals surface area contributed by atoms with Gasteiger partial charge in [0.1, 0.15) is 29.8 Å². The van der Waals surface area contributed by atoms with Gasteiger partial charge in [0.25, 0.3) is 0 Å². The van der Waals surface area contributed by atoms with E-state index in [1.807, 2.05) is 69.3 Å². The number of ether oxygens (including phenoxy) is 3. The van der Waals surface area contributed by atoms with Crippen molar-refractivity contribution in [2.75, 3.05) is 26.3 Å². The molecule has 0 aliphatic carbocycles. The molecule has 1 amide bonds. The van der Waals surface area contributed by atoms with Gasteiger partial charge in [-0.2, -0.15) is 8.42 Å². The third kappa shape index (κ3) is 8.62. The maximum atomic E-state index is 12.2. The fourth-order valence-electron chi connectivity index (χ4n) is 4.12. The van der Waals surface area contributed by atoms with Crippen LogP contribution in [-0.2, 0) is 36.5 Å². The highest BCUT2D eigenvalue weighted by Crippen LogP contribution is 2.23. The van der Waals surface area contributed by atoms with Crippen molar-refractivity contribution in [2.24, 2.45) is 5.92 Å². The van der Waals surface area contributed by atoms with Crippen LogP contribution in [0.3, 0.4) is 0 Å². The summed E-state index contributed by atoms with van der Waals surface area (Å²) in [4.78, 5) is 14.0. The van der Waals surface area contributed by atoms with Crippen LogP contribution in [0.1, 0.15) is 44.7 Å². The Kier molecular flexibility index (Phi) is 8.61. The van der Waals surface area contributed by atoms with Crippen LogP contribution in [0.15, 0.2) is 48.5 Å². The average molecular weight is 534 g/mol. The first-order chi connectivity index (χ1) is 17.5. The molecule has 2 heterocycles. The molecule has 0 bridgehead atoms. The molecule has 0 N–H and O–H groups in total. The maximum Gasteiger partial charge on any atom is 0.410 e. The fraction of sp³-hybridized carbons (Fsp3) is 0.519. The largest absolute Gasteiger partial charge is 0.490 e. The van der Waals surface area contributed by atoms with E-state index in [0.717, 1.165) is 35.5 Å². The highest BCUT2D eigenvalue weighted by atomic mass is 32.3. The number of benzene rings is 2. The van der Waals surface area contributed by atoms with E-state index in [1.165, 1.54) is 0 Å². The fourth-order valence-corrected chi connectivity index (χ4v) is 4.91. The minimum Gasteiger partial charge on any atom is -0.490 e. The quantitative estimate of drug-likeness (QED) is 0.513. The third-order valence-electron chi connectivity index (χ3n) is 6.07. The second-order valence-electron chi connectivity index (χ2n) is 10.4. The molecular formula is C27H35NO8S. The molecule has 0 saturated carbocycles. The van der Waals surface area contributed by atoms with Gasteiger partial charge in [0.15, 0.2) is 0 Å². The topological polar surface area (TPSA) is 101 Å². The van der Waals surface area contributed by atoms with E-state index in [4.69, 9.17) is 22.6 Å². The minimum atomic E-state index is -3.81. The van der Waals surface area contributed by atoms with Crippen LogP contribution >= 0.6 is 0 Å². The number of amides is 1. The smallest absolute Gasteiger partial charge is 0.410 e. The van der Waals surface area contributed by atoms with Crippen LogP contribution in [0.5, 0.6) is 11.5 Å². The van der Waals surface area contributed by atoms with Gasteiger partial charge in [-0.25, -0.2) is 13.2 Å². The standard InChI is InChI=1S/C27H35NO8S/c1-27(2,3)36-26(29)28-14-12-25(13-15-28)35-24-10-6-21(7-11-24)17-32-23-8-4-20(5-9-23)16-22-18-33-37(30,31)34-19-22/h4-11,22,25H,12-19H2,1-3H3. The van der Waals surface area contributed by atoms with Crippen LogP contribution in [0.25, 0.3) is 0 Å². The van der Waals surface area contributed by atoms with Gasteiger partial charge < -0.3 is 19.1 Å². The van der Waals surface area contributed by atoms with Crippen LogP contribution < -0.4 is 9.47 Å². The zero-order chi connectivity index (χ0) is 26.5. The van der Waals surface area contributed by atoms with Crippen LogP contribution in [0, 0.1) is 5.92 Å². The lowest BCUT2D eigenvalue weighted by Crippen LogP contribution is -2.44. The summed E-state index contributed by atoms with van der Waals surface area (Å²) in [7, 11) is -3.81. The van der Waals surface area contributed by atoms with E-state index in [2.05, 4.69) is 0 Å². The molecule has 2 aromatic carbocycles. The summed E-state index contributed by atoms with van der Waals surface area (Å²) in [6.45, 7) is 7.54. The van der Waals surface area contributed by atoms with Crippen molar-refractivity contribution >= 4 is 16.5 Å². The normalized spacial score (nSPS) is 18.8. The van der Waals surface area contributed by atoms with E-state index in [1.54, 1.807) is 4.90 Å². The summed E-state index contributed by atoms with van der Waals surface area (Å²) in [6, 6.07) is 15.6. The first-order valence-corrected chi connectivity index (χ1v) is 13.9. The molecule has 0 atom stereocenters. The number of nitrogens with zero attached hydrogens (tertiary/aromatic N) is 1. The second kappa shape index (κ2) is 11.7. The van der Waals surface area contributed by atoms with Gasteiger partial charge >= 0.3 is 16.5 Å². The first-order valence-electron chi connectivity index (χ1n) is 12.5. The zero-order valence-corrected chi connectivity index (χ0v) is 22.4. The Balaban J connectivity index is 1.18. The Morgan fingerprint density at radius 1 is 0.919 bits per heavy atom. The molecule has 37 heavy (non-hydrogen) atoms. The summed E-state index contributed by atoms with van der Waals surface area (Å²) in [5.74, 6) is 1.54. The van der Waals surface area contributed by atoms with Gasteiger partial charge in [-0.15, -0.1) is 0 Å². The molecule has 2 fully saturated rings.